The lowest BCUT2D eigenvalue weighted by molar-refractivity contribution is -0.344. The van der Waals surface area contributed by atoms with E-state index < -0.39 is 28.1 Å². The number of hydrogen-bond donors (Lipinski definition) is 0. The Morgan fingerprint density at radius 2 is 1.57 bits per heavy atom. The number of aryl methyl sites for hydroxylation is 1. The molecule has 0 fully saturated rings. The van der Waals surface area contributed by atoms with E-state index in [0.29, 0.717) is 15.0 Å². The maximum absolute atomic E-state index is 12.7. The average molecular weight is 330 g/mol. The molecule has 9 heteroatoms. The van der Waals surface area contributed by atoms with Crippen LogP contribution in [0.5, 0.6) is 0 Å². The zero-order chi connectivity index (χ0) is 16.4. The minimum Gasteiger partial charge on any atom is -0.542 e. The van der Waals surface area contributed by atoms with Gasteiger partial charge in [-0.3, -0.25) is 0 Å². The van der Waals surface area contributed by atoms with E-state index in [0.717, 1.165) is 0 Å². The molecule has 0 aliphatic heterocycles. The molecule has 0 aliphatic rings. The first-order valence-electron chi connectivity index (χ1n) is 5.31. The maximum atomic E-state index is 12.7. The first kappa shape index (κ1) is 17.3. The molecule has 2 aromatic rings. The highest BCUT2D eigenvalue weighted by Crippen LogP contribution is 2.50. The van der Waals surface area contributed by atoms with Crippen LogP contribution >= 0.6 is 10.5 Å². The van der Waals surface area contributed by atoms with Gasteiger partial charge in [-0.15, -0.1) is 13.2 Å². The predicted molar refractivity (Wildman–Crippen MR) is 63.5 cm³/mol. The summed E-state index contributed by atoms with van der Waals surface area (Å²) in [6.45, 7) is 1.54. The smallest absolute Gasteiger partial charge is 0.542 e. The van der Waals surface area contributed by atoms with E-state index in [1.807, 2.05) is 0 Å². The second-order valence-electron chi connectivity index (χ2n) is 3.83. The number of fused-ring (bicyclic) bond motifs is 1. The van der Waals surface area contributed by atoms with Crippen molar-refractivity contribution in [2.24, 2.45) is 0 Å². The second kappa shape index (κ2) is 5.92. The zero-order valence-corrected chi connectivity index (χ0v) is 11.2. The number of carbonyl (C=O) groups excluding carboxylic acids is 1. The van der Waals surface area contributed by atoms with Gasteiger partial charge in [-0.25, -0.2) is 0 Å². The van der Waals surface area contributed by atoms with Gasteiger partial charge >= 0.3 is 11.7 Å². The van der Waals surface area contributed by atoms with Crippen LogP contribution in [0.15, 0.2) is 30.3 Å². The van der Waals surface area contributed by atoms with Crippen molar-refractivity contribution in [3.63, 3.8) is 0 Å². The monoisotopic (exact) mass is 330 g/mol. The van der Waals surface area contributed by atoms with Crippen molar-refractivity contribution in [1.29, 1.82) is 0 Å². The number of aliphatic carboxylic acids is 1. The van der Waals surface area contributed by atoms with Gasteiger partial charge in [0, 0.05) is 18.4 Å². The number of carboxylic acids is 1. The molecule has 1 atom stereocenters. The fourth-order valence-electron chi connectivity index (χ4n) is 1.54. The van der Waals surface area contributed by atoms with Crippen molar-refractivity contribution in [2.45, 2.75) is 18.6 Å². The minimum atomic E-state index is -5.19. The van der Waals surface area contributed by atoms with Crippen LogP contribution in [0.2, 0.25) is 0 Å². The molecule has 0 amide bonds. The summed E-state index contributed by atoms with van der Waals surface area (Å²) in [4.78, 5) is 9.19. The Balaban J connectivity index is 0.000000270. The highest BCUT2D eigenvalue weighted by atomic mass is 32.2. The molecule has 0 spiro atoms. The fraction of sp³-hybridized carbons (Fsp3) is 0.250. The van der Waals surface area contributed by atoms with Gasteiger partial charge in [-0.2, -0.15) is 13.2 Å². The molecule has 21 heavy (non-hydrogen) atoms. The third kappa shape index (κ3) is 4.35. The Kier molecular flexibility index (Phi) is 4.87. The van der Waals surface area contributed by atoms with Crippen molar-refractivity contribution in [3.8, 4) is 0 Å². The van der Waals surface area contributed by atoms with Crippen LogP contribution in [0.3, 0.4) is 0 Å². The summed E-state index contributed by atoms with van der Waals surface area (Å²) in [6.07, 6.45) is -5.19. The van der Waals surface area contributed by atoms with Crippen LogP contribution in [0.25, 0.3) is 10.1 Å². The number of carbonyl (C=O) groups is 1. The SMILES string of the molecule is Cc1cc2ccccc2[s+]1C(F)(F)F.O=C([O-])C(F)(F)F. The van der Waals surface area contributed by atoms with Gasteiger partial charge < -0.3 is 9.90 Å². The first-order valence-corrected chi connectivity index (χ1v) is 6.53. The third-order valence-electron chi connectivity index (χ3n) is 2.28. The summed E-state index contributed by atoms with van der Waals surface area (Å²) < 4.78 is 69.9. The normalized spacial score (nSPS) is 12.8. The second-order valence-corrected chi connectivity index (χ2v) is 5.99. The summed E-state index contributed by atoms with van der Waals surface area (Å²) in [7, 11) is -1.70. The lowest BCUT2D eigenvalue weighted by Gasteiger charge is -2.03. The number of alkyl halides is 6. The van der Waals surface area contributed by atoms with Crippen LogP contribution < -0.4 is 5.11 Å². The summed E-state index contributed by atoms with van der Waals surface area (Å²) in [6, 6.07) is 8.30. The molecular weight excluding hydrogens is 322 g/mol. The highest BCUT2D eigenvalue weighted by Gasteiger charge is 2.46. The number of benzene rings is 1. The standard InChI is InChI=1S/C10H8F3S.C2HF3O2/c1-7-6-8-4-2-3-5-9(8)14(7)10(11,12)13;3-2(4,5)1(6)7/h2-6H,1H3;(H,6,7)/q+1;/p-1. The van der Waals surface area contributed by atoms with E-state index >= 15 is 0 Å². The Morgan fingerprint density at radius 3 is 2.00 bits per heavy atom. The van der Waals surface area contributed by atoms with Gasteiger partial charge in [0.15, 0.2) is 9.58 Å². The van der Waals surface area contributed by atoms with Gasteiger partial charge in [-0.05, 0) is 12.1 Å². The Morgan fingerprint density at radius 1 is 1.10 bits per heavy atom. The van der Waals surface area contributed by atoms with Crippen LogP contribution in [-0.2, 0) is 10.3 Å². The van der Waals surface area contributed by atoms with E-state index in [4.69, 9.17) is 9.90 Å². The average Bonchev–Trinajstić information content (AvgIpc) is 2.63. The molecular formula is C12H8F6O2S. The Bertz CT molecular complexity index is 641. The molecule has 0 aliphatic carbocycles. The molecule has 0 radical (unpaired) electrons. The van der Waals surface area contributed by atoms with Crippen LogP contribution in [0.4, 0.5) is 26.3 Å². The van der Waals surface area contributed by atoms with Crippen LogP contribution in [-0.4, -0.2) is 12.1 Å². The van der Waals surface area contributed by atoms with Gasteiger partial charge in [0.1, 0.15) is 5.97 Å². The molecule has 1 aromatic heterocycles. The molecule has 1 aromatic carbocycles. The molecule has 0 saturated carbocycles. The number of thiophene rings is 1. The number of carboxylic acid groups (broad SMARTS) is 1. The number of halogens is 6. The van der Waals surface area contributed by atoms with Gasteiger partial charge in [0.25, 0.3) is 0 Å². The van der Waals surface area contributed by atoms with E-state index in [9.17, 15) is 26.3 Å². The predicted octanol–water partition coefficient (Wildman–Crippen LogP) is 3.67. The minimum absolute atomic E-state index is 0.400. The van der Waals surface area contributed by atoms with E-state index in [1.54, 1.807) is 30.3 Å². The van der Waals surface area contributed by atoms with Crippen molar-refractivity contribution in [1.82, 2.24) is 0 Å². The molecule has 2 nitrogen and oxygen atoms in total. The first-order chi connectivity index (χ1) is 9.44. The lowest BCUT2D eigenvalue weighted by Crippen LogP contribution is -2.37. The van der Waals surface area contributed by atoms with Gasteiger partial charge in [-0.1, -0.05) is 12.1 Å². The lowest BCUT2D eigenvalue weighted by atomic mass is 10.2. The van der Waals surface area contributed by atoms with Crippen LogP contribution in [0.1, 0.15) is 4.88 Å². The summed E-state index contributed by atoms with van der Waals surface area (Å²) in [5.74, 6) is -3.01. The highest BCUT2D eigenvalue weighted by molar-refractivity contribution is 7.38. The zero-order valence-electron chi connectivity index (χ0n) is 10.4. The van der Waals surface area contributed by atoms with Crippen molar-refractivity contribution >= 4 is 26.5 Å². The van der Waals surface area contributed by atoms with E-state index in [-0.39, 0.29) is 0 Å². The number of rotatable bonds is 0. The molecule has 0 saturated heterocycles. The molecule has 1 heterocycles. The van der Waals surface area contributed by atoms with Crippen molar-refractivity contribution in [3.05, 3.63) is 35.2 Å². The Hall–Kier alpha value is -1.77. The summed E-state index contributed by atoms with van der Waals surface area (Å²) >= 11 is 0. The molecule has 0 N–H and O–H groups in total. The third-order valence-corrected chi connectivity index (χ3v) is 4.32. The van der Waals surface area contributed by atoms with Gasteiger partial charge in [0.2, 0.25) is 0 Å². The maximum Gasteiger partial charge on any atom is 0.600 e. The molecule has 1 unspecified atom stereocenters. The van der Waals surface area contributed by atoms with Crippen LogP contribution in [0, 0.1) is 6.92 Å². The van der Waals surface area contributed by atoms with E-state index in [1.165, 1.54) is 6.92 Å². The summed E-state index contributed by atoms with van der Waals surface area (Å²) in [5.41, 5.74) is -4.15. The number of hydrogen-bond acceptors (Lipinski definition) is 2. The topological polar surface area (TPSA) is 40.1 Å². The largest absolute Gasteiger partial charge is 0.600 e. The van der Waals surface area contributed by atoms with Crippen molar-refractivity contribution < 1.29 is 36.2 Å². The molecule has 2 rings (SSSR count). The Labute approximate surface area is 117 Å². The molecule has 0 bridgehead atoms. The van der Waals surface area contributed by atoms with Crippen molar-refractivity contribution in [2.75, 3.05) is 0 Å². The fourth-order valence-corrected chi connectivity index (χ4v) is 3.33. The van der Waals surface area contributed by atoms with Gasteiger partial charge in [0.05, 0.1) is 10.5 Å². The summed E-state index contributed by atoms with van der Waals surface area (Å²) in [5, 5.41) is 9.48. The quantitative estimate of drug-likeness (QED) is 0.546. The van der Waals surface area contributed by atoms with E-state index in [2.05, 4.69) is 0 Å². The molecule has 116 valence electrons.